The zero-order valence-corrected chi connectivity index (χ0v) is 15.8. The van der Waals surface area contributed by atoms with Gasteiger partial charge in [-0.25, -0.2) is 4.79 Å². The van der Waals surface area contributed by atoms with E-state index in [1.807, 2.05) is 36.2 Å². The van der Waals surface area contributed by atoms with Gasteiger partial charge in [0.15, 0.2) is 0 Å². The lowest BCUT2D eigenvalue weighted by Gasteiger charge is -2.25. The number of likely N-dealkylation sites (N-methyl/N-ethyl adjacent to an activating group) is 1. The number of ether oxygens (including phenoxy) is 1. The number of non-ortho nitro benzene ring substituents is 1. The molecule has 0 spiro atoms. The van der Waals surface area contributed by atoms with E-state index in [9.17, 15) is 14.9 Å². The van der Waals surface area contributed by atoms with Crippen molar-refractivity contribution in [3.05, 3.63) is 62.6 Å². The number of cyclic esters (lactones) is 1. The van der Waals surface area contributed by atoms with Crippen LogP contribution >= 0.6 is 15.9 Å². The molecule has 0 bridgehead atoms. The number of carbonyl (C=O) groups is 1. The molecule has 1 heterocycles. The summed E-state index contributed by atoms with van der Waals surface area (Å²) in [6.07, 6.45) is 0.332. The molecule has 2 aromatic rings. The smallest absolute Gasteiger partial charge is 0.414 e. The van der Waals surface area contributed by atoms with Gasteiger partial charge in [-0.15, -0.1) is 0 Å². The van der Waals surface area contributed by atoms with Gasteiger partial charge in [-0.05, 0) is 30.2 Å². The van der Waals surface area contributed by atoms with Gasteiger partial charge in [0.25, 0.3) is 5.69 Å². The van der Waals surface area contributed by atoms with E-state index < -0.39 is 11.0 Å². The van der Waals surface area contributed by atoms with Gasteiger partial charge in [0, 0.05) is 30.2 Å². The van der Waals surface area contributed by atoms with Gasteiger partial charge in [-0.3, -0.25) is 15.0 Å². The maximum absolute atomic E-state index is 12.0. The van der Waals surface area contributed by atoms with Gasteiger partial charge in [0.2, 0.25) is 0 Å². The van der Waals surface area contributed by atoms with Crippen molar-refractivity contribution in [2.75, 3.05) is 36.5 Å². The second-order valence-electron chi connectivity index (χ2n) is 5.99. The number of nitro benzene ring substituents is 1. The molecule has 1 saturated heterocycles. The highest BCUT2D eigenvalue weighted by atomic mass is 79.9. The predicted octanol–water partition coefficient (Wildman–Crippen LogP) is 3.99. The minimum Gasteiger partial charge on any atom is -0.447 e. The summed E-state index contributed by atoms with van der Waals surface area (Å²) < 4.78 is 6.02. The quantitative estimate of drug-likeness (QED) is 0.522. The number of hydrogen-bond acceptors (Lipinski definition) is 5. The van der Waals surface area contributed by atoms with Crippen LogP contribution in [0.5, 0.6) is 0 Å². The van der Waals surface area contributed by atoms with Crippen molar-refractivity contribution in [3.8, 4) is 0 Å². The van der Waals surface area contributed by atoms with Gasteiger partial charge in [0.05, 0.1) is 22.8 Å². The standard InChI is InChI=1S/C18H18BrN3O4/c1-20(9-8-13-2-4-14(19)5-3-13)16-7-6-15(22(24)25)12-17(16)21-10-11-26-18(21)23/h2-7,12H,8-11H2,1H3. The lowest BCUT2D eigenvalue weighted by Crippen LogP contribution is -2.28. The van der Waals surface area contributed by atoms with Crippen LogP contribution in [0.15, 0.2) is 46.9 Å². The molecule has 0 atom stereocenters. The molecule has 0 aliphatic carbocycles. The van der Waals surface area contributed by atoms with E-state index in [-0.39, 0.29) is 12.3 Å². The van der Waals surface area contributed by atoms with Crippen LogP contribution in [0.2, 0.25) is 0 Å². The number of hydrogen-bond donors (Lipinski definition) is 0. The van der Waals surface area contributed by atoms with E-state index in [4.69, 9.17) is 4.74 Å². The Kier molecular flexibility index (Phi) is 5.41. The first-order valence-corrected chi connectivity index (χ1v) is 8.93. The highest BCUT2D eigenvalue weighted by Gasteiger charge is 2.28. The van der Waals surface area contributed by atoms with Crippen molar-refractivity contribution in [3.63, 3.8) is 0 Å². The fourth-order valence-corrected chi connectivity index (χ4v) is 3.11. The number of nitro groups is 1. The second-order valence-corrected chi connectivity index (χ2v) is 6.91. The molecule has 0 saturated carbocycles. The van der Waals surface area contributed by atoms with Crippen molar-refractivity contribution in [2.45, 2.75) is 6.42 Å². The first-order chi connectivity index (χ1) is 12.5. The fourth-order valence-electron chi connectivity index (χ4n) is 2.84. The monoisotopic (exact) mass is 419 g/mol. The molecular weight excluding hydrogens is 402 g/mol. The summed E-state index contributed by atoms with van der Waals surface area (Å²) in [6.45, 7) is 1.37. The molecule has 0 unspecified atom stereocenters. The first-order valence-electron chi connectivity index (χ1n) is 8.14. The average Bonchev–Trinajstić information content (AvgIpc) is 3.06. The lowest BCUT2D eigenvalue weighted by molar-refractivity contribution is -0.384. The average molecular weight is 420 g/mol. The minimum atomic E-state index is -0.479. The minimum absolute atomic E-state index is 0.0511. The van der Waals surface area contributed by atoms with E-state index in [0.717, 1.165) is 16.6 Å². The van der Waals surface area contributed by atoms with Gasteiger partial charge in [-0.2, -0.15) is 0 Å². The third-order valence-corrected chi connectivity index (χ3v) is 4.81. The summed E-state index contributed by atoms with van der Waals surface area (Å²) in [4.78, 5) is 26.0. The number of nitrogens with zero attached hydrogens (tertiary/aromatic N) is 3. The lowest BCUT2D eigenvalue weighted by atomic mass is 10.1. The Morgan fingerprint density at radius 2 is 2.00 bits per heavy atom. The highest BCUT2D eigenvalue weighted by molar-refractivity contribution is 9.10. The maximum Gasteiger partial charge on any atom is 0.414 e. The SMILES string of the molecule is CN(CCc1ccc(Br)cc1)c1ccc([N+](=O)[O-])cc1N1CCOC1=O. The molecule has 1 aliphatic heterocycles. The molecule has 136 valence electrons. The van der Waals surface area contributed by atoms with E-state index in [1.54, 1.807) is 6.07 Å². The van der Waals surface area contributed by atoms with Gasteiger partial charge in [0.1, 0.15) is 6.61 Å². The Morgan fingerprint density at radius 1 is 1.27 bits per heavy atom. The second kappa shape index (κ2) is 7.74. The van der Waals surface area contributed by atoms with Crippen LogP contribution in [-0.2, 0) is 11.2 Å². The zero-order chi connectivity index (χ0) is 18.7. The molecule has 8 heteroatoms. The topological polar surface area (TPSA) is 75.9 Å². The Balaban J connectivity index is 1.83. The van der Waals surface area contributed by atoms with Crippen LogP contribution in [0.1, 0.15) is 5.56 Å². The van der Waals surface area contributed by atoms with E-state index in [2.05, 4.69) is 15.9 Å². The van der Waals surface area contributed by atoms with Crippen molar-refractivity contribution in [1.82, 2.24) is 0 Å². The van der Waals surface area contributed by atoms with Gasteiger partial charge < -0.3 is 9.64 Å². The Labute approximate surface area is 159 Å². The maximum atomic E-state index is 12.0. The van der Waals surface area contributed by atoms with Crippen LogP contribution in [0, 0.1) is 10.1 Å². The van der Waals surface area contributed by atoms with Crippen LogP contribution in [-0.4, -0.2) is 37.8 Å². The highest BCUT2D eigenvalue weighted by Crippen LogP contribution is 2.34. The molecule has 26 heavy (non-hydrogen) atoms. The molecule has 2 aromatic carbocycles. The summed E-state index contributed by atoms with van der Waals surface area (Å²) in [5.41, 5.74) is 2.39. The molecule has 1 amide bonds. The fraction of sp³-hybridized carbons (Fsp3) is 0.278. The van der Waals surface area contributed by atoms with Crippen molar-refractivity contribution in [2.24, 2.45) is 0 Å². The first kappa shape index (κ1) is 18.2. The number of amides is 1. The normalized spacial score (nSPS) is 13.6. The number of rotatable bonds is 6. The van der Waals surface area contributed by atoms with Gasteiger partial charge >= 0.3 is 6.09 Å². The third-order valence-electron chi connectivity index (χ3n) is 4.28. The number of benzene rings is 2. The van der Waals surface area contributed by atoms with Crippen molar-refractivity contribution >= 4 is 39.1 Å². The van der Waals surface area contributed by atoms with E-state index in [1.165, 1.54) is 22.6 Å². The van der Waals surface area contributed by atoms with Crippen molar-refractivity contribution in [1.29, 1.82) is 0 Å². The molecule has 1 aliphatic rings. The molecule has 3 rings (SSSR count). The molecule has 0 radical (unpaired) electrons. The third kappa shape index (κ3) is 3.96. The summed E-state index contributed by atoms with van der Waals surface area (Å²) in [5.74, 6) is 0. The van der Waals surface area contributed by atoms with E-state index >= 15 is 0 Å². The molecule has 0 aromatic heterocycles. The van der Waals surface area contributed by atoms with Crippen LogP contribution in [0.4, 0.5) is 21.9 Å². The Hall–Kier alpha value is -2.61. The summed E-state index contributed by atoms with van der Waals surface area (Å²) >= 11 is 3.42. The number of carbonyl (C=O) groups excluding carboxylic acids is 1. The van der Waals surface area contributed by atoms with Crippen LogP contribution in [0.25, 0.3) is 0 Å². The summed E-state index contributed by atoms with van der Waals surface area (Å²) in [7, 11) is 1.91. The molecular formula is C18H18BrN3O4. The van der Waals surface area contributed by atoms with Gasteiger partial charge in [-0.1, -0.05) is 28.1 Å². The molecule has 7 nitrogen and oxygen atoms in total. The number of halogens is 1. The largest absolute Gasteiger partial charge is 0.447 e. The predicted molar refractivity (Wildman–Crippen MR) is 103 cm³/mol. The Morgan fingerprint density at radius 3 is 2.62 bits per heavy atom. The summed E-state index contributed by atoms with van der Waals surface area (Å²) in [5, 5.41) is 11.1. The summed E-state index contributed by atoms with van der Waals surface area (Å²) in [6, 6.07) is 12.6. The van der Waals surface area contributed by atoms with E-state index in [0.29, 0.717) is 18.8 Å². The Bertz CT molecular complexity index is 826. The van der Waals surface area contributed by atoms with Crippen LogP contribution in [0.3, 0.4) is 0 Å². The zero-order valence-electron chi connectivity index (χ0n) is 14.2. The van der Waals surface area contributed by atoms with Crippen molar-refractivity contribution < 1.29 is 14.5 Å². The number of anilines is 2. The molecule has 1 fully saturated rings. The van der Waals surface area contributed by atoms with Crippen LogP contribution < -0.4 is 9.80 Å². The molecule has 0 N–H and O–H groups in total.